The lowest BCUT2D eigenvalue weighted by atomic mass is 9.63. The van der Waals surface area contributed by atoms with Crippen LogP contribution in [0.1, 0.15) is 40.0 Å². The summed E-state index contributed by atoms with van der Waals surface area (Å²) in [5.41, 5.74) is 6.91. The van der Waals surface area contributed by atoms with Crippen molar-refractivity contribution in [2.75, 3.05) is 13.6 Å². The molecule has 0 aromatic heterocycles. The summed E-state index contributed by atoms with van der Waals surface area (Å²) in [5.74, 6) is 0. The van der Waals surface area contributed by atoms with E-state index < -0.39 is 0 Å². The fraction of sp³-hybridized carbons (Fsp3) is 1.00. The van der Waals surface area contributed by atoms with Crippen molar-refractivity contribution in [3.05, 3.63) is 0 Å². The zero-order valence-electron chi connectivity index (χ0n) is 9.48. The van der Waals surface area contributed by atoms with E-state index in [0.717, 1.165) is 13.0 Å². The topological polar surface area (TPSA) is 38.0 Å². The zero-order valence-corrected chi connectivity index (χ0v) is 9.48. The molecule has 1 rings (SSSR count). The van der Waals surface area contributed by atoms with Gasteiger partial charge in [0.1, 0.15) is 0 Å². The number of hydrogen-bond donors (Lipinski definition) is 2. The highest BCUT2D eigenvalue weighted by Gasteiger charge is 2.39. The van der Waals surface area contributed by atoms with Crippen molar-refractivity contribution in [1.82, 2.24) is 5.32 Å². The fourth-order valence-electron chi connectivity index (χ4n) is 3.28. The van der Waals surface area contributed by atoms with E-state index in [-0.39, 0.29) is 0 Å². The molecule has 0 amide bonds. The highest BCUT2D eigenvalue weighted by Crippen LogP contribution is 2.44. The largest absolute Gasteiger partial charge is 0.328 e. The van der Waals surface area contributed by atoms with Crippen LogP contribution in [0.15, 0.2) is 0 Å². The first-order valence-electron chi connectivity index (χ1n) is 5.27. The van der Waals surface area contributed by atoms with Crippen LogP contribution in [-0.2, 0) is 0 Å². The van der Waals surface area contributed by atoms with Gasteiger partial charge < -0.3 is 11.1 Å². The van der Waals surface area contributed by atoms with Gasteiger partial charge in [0.2, 0.25) is 0 Å². The Kier molecular flexibility index (Phi) is 3.03. The van der Waals surface area contributed by atoms with Gasteiger partial charge in [-0.3, -0.25) is 0 Å². The maximum absolute atomic E-state index is 6.09. The minimum atomic E-state index is 0.391. The molecule has 2 atom stereocenters. The van der Waals surface area contributed by atoms with Crippen LogP contribution in [0.3, 0.4) is 0 Å². The molecule has 78 valence electrons. The molecule has 0 aliphatic heterocycles. The summed E-state index contributed by atoms with van der Waals surface area (Å²) in [6.45, 7) is 8.11. The Morgan fingerprint density at radius 3 is 2.38 bits per heavy atom. The lowest BCUT2D eigenvalue weighted by molar-refractivity contribution is 0.0845. The number of hydrogen-bond acceptors (Lipinski definition) is 2. The van der Waals surface area contributed by atoms with Crippen molar-refractivity contribution in [2.24, 2.45) is 16.6 Å². The molecule has 2 unspecified atom stereocenters. The van der Waals surface area contributed by atoms with Crippen LogP contribution in [0, 0.1) is 10.8 Å². The zero-order chi connectivity index (χ0) is 10.1. The first kappa shape index (κ1) is 11.0. The molecule has 2 nitrogen and oxygen atoms in total. The van der Waals surface area contributed by atoms with E-state index in [4.69, 9.17) is 5.73 Å². The molecule has 1 fully saturated rings. The molecule has 1 saturated carbocycles. The Balaban J connectivity index is 2.66. The summed E-state index contributed by atoms with van der Waals surface area (Å²) in [6.07, 6.45) is 3.62. The molecule has 3 N–H and O–H groups in total. The highest BCUT2D eigenvalue weighted by atomic mass is 14.8. The summed E-state index contributed by atoms with van der Waals surface area (Å²) in [7, 11) is 2.03. The number of nitrogens with one attached hydrogen (secondary N) is 1. The Morgan fingerprint density at radius 2 is 1.92 bits per heavy atom. The van der Waals surface area contributed by atoms with E-state index in [2.05, 4.69) is 26.1 Å². The van der Waals surface area contributed by atoms with Gasteiger partial charge in [-0.15, -0.1) is 0 Å². The average molecular weight is 184 g/mol. The second-order valence-corrected chi connectivity index (χ2v) is 5.85. The third-order valence-corrected chi connectivity index (χ3v) is 3.08. The minimum Gasteiger partial charge on any atom is -0.328 e. The van der Waals surface area contributed by atoms with Gasteiger partial charge in [-0.05, 0) is 37.1 Å². The maximum Gasteiger partial charge on any atom is 0.00495 e. The first-order chi connectivity index (χ1) is 5.87. The molecule has 0 heterocycles. The third-order valence-electron chi connectivity index (χ3n) is 3.08. The molecule has 0 aromatic rings. The van der Waals surface area contributed by atoms with E-state index in [9.17, 15) is 0 Å². The predicted molar refractivity (Wildman–Crippen MR) is 57.6 cm³/mol. The van der Waals surface area contributed by atoms with Gasteiger partial charge in [-0.1, -0.05) is 20.8 Å². The van der Waals surface area contributed by atoms with Crippen LogP contribution >= 0.6 is 0 Å². The Bertz CT molecular complexity index is 177. The normalized spacial score (nSPS) is 39.0. The van der Waals surface area contributed by atoms with Gasteiger partial charge in [0.25, 0.3) is 0 Å². The van der Waals surface area contributed by atoms with E-state index in [1.165, 1.54) is 12.8 Å². The second kappa shape index (κ2) is 3.58. The smallest absolute Gasteiger partial charge is 0.00495 e. The van der Waals surface area contributed by atoms with E-state index in [1.54, 1.807) is 0 Å². The summed E-state index contributed by atoms with van der Waals surface area (Å²) < 4.78 is 0. The van der Waals surface area contributed by atoms with Gasteiger partial charge in [0.05, 0.1) is 0 Å². The van der Waals surface area contributed by atoms with Crippen LogP contribution in [-0.4, -0.2) is 19.6 Å². The fourth-order valence-corrected chi connectivity index (χ4v) is 3.28. The van der Waals surface area contributed by atoms with Crippen LogP contribution in [0.25, 0.3) is 0 Å². The van der Waals surface area contributed by atoms with E-state index >= 15 is 0 Å². The van der Waals surface area contributed by atoms with E-state index in [1.807, 2.05) is 7.05 Å². The van der Waals surface area contributed by atoms with Crippen LogP contribution in [0.2, 0.25) is 0 Å². The van der Waals surface area contributed by atoms with Crippen molar-refractivity contribution >= 4 is 0 Å². The number of rotatable bonds is 2. The monoisotopic (exact) mass is 184 g/mol. The molecule has 0 aromatic carbocycles. The SMILES string of the molecule is CNCC1(C)CC(N)CC(C)(C)C1. The quantitative estimate of drug-likeness (QED) is 0.686. The molecule has 1 aliphatic carbocycles. The lowest BCUT2D eigenvalue weighted by Gasteiger charge is -2.45. The molecule has 13 heavy (non-hydrogen) atoms. The van der Waals surface area contributed by atoms with Gasteiger partial charge in [-0.2, -0.15) is 0 Å². The average Bonchev–Trinajstić information content (AvgIpc) is 1.78. The van der Waals surface area contributed by atoms with Crippen molar-refractivity contribution in [1.29, 1.82) is 0 Å². The molecular formula is C11H24N2. The molecule has 0 saturated heterocycles. The molecule has 0 bridgehead atoms. The Hall–Kier alpha value is -0.0800. The standard InChI is InChI=1S/C11H24N2/c1-10(2)5-9(12)6-11(3,7-10)8-13-4/h9,13H,5-8,12H2,1-4H3. The van der Waals surface area contributed by atoms with Crippen molar-refractivity contribution in [2.45, 2.75) is 46.1 Å². The Labute approximate surface area is 82.3 Å². The van der Waals surface area contributed by atoms with Gasteiger partial charge in [0, 0.05) is 12.6 Å². The first-order valence-corrected chi connectivity index (χ1v) is 5.27. The molecule has 1 aliphatic rings. The summed E-state index contributed by atoms with van der Waals surface area (Å²) in [6, 6.07) is 0.391. The van der Waals surface area contributed by atoms with Gasteiger partial charge in [0.15, 0.2) is 0 Å². The highest BCUT2D eigenvalue weighted by molar-refractivity contribution is 4.93. The maximum atomic E-state index is 6.09. The summed E-state index contributed by atoms with van der Waals surface area (Å²) >= 11 is 0. The summed E-state index contributed by atoms with van der Waals surface area (Å²) in [5, 5.41) is 3.28. The molecule has 0 spiro atoms. The number of nitrogens with two attached hydrogens (primary N) is 1. The van der Waals surface area contributed by atoms with E-state index in [0.29, 0.717) is 16.9 Å². The molecule has 2 heteroatoms. The molecular weight excluding hydrogens is 160 g/mol. The third kappa shape index (κ3) is 2.96. The Morgan fingerprint density at radius 1 is 1.31 bits per heavy atom. The van der Waals surface area contributed by atoms with Crippen molar-refractivity contribution in [3.8, 4) is 0 Å². The van der Waals surface area contributed by atoms with Crippen molar-refractivity contribution in [3.63, 3.8) is 0 Å². The van der Waals surface area contributed by atoms with Gasteiger partial charge >= 0.3 is 0 Å². The van der Waals surface area contributed by atoms with Crippen LogP contribution < -0.4 is 11.1 Å². The van der Waals surface area contributed by atoms with Crippen LogP contribution in [0.4, 0.5) is 0 Å². The molecule has 0 radical (unpaired) electrons. The van der Waals surface area contributed by atoms with Gasteiger partial charge in [-0.25, -0.2) is 0 Å². The second-order valence-electron chi connectivity index (χ2n) is 5.85. The summed E-state index contributed by atoms with van der Waals surface area (Å²) in [4.78, 5) is 0. The lowest BCUT2D eigenvalue weighted by Crippen LogP contribution is -2.46. The van der Waals surface area contributed by atoms with Crippen molar-refractivity contribution < 1.29 is 0 Å². The minimum absolute atomic E-state index is 0.391. The predicted octanol–water partition coefficient (Wildman–Crippen LogP) is 1.75. The van der Waals surface area contributed by atoms with Crippen LogP contribution in [0.5, 0.6) is 0 Å².